The van der Waals surface area contributed by atoms with Gasteiger partial charge in [0.15, 0.2) is 5.78 Å². The van der Waals surface area contributed by atoms with Gasteiger partial charge in [-0.3, -0.25) is 4.79 Å². The number of methoxy groups -OCH3 is 1. The summed E-state index contributed by atoms with van der Waals surface area (Å²) < 4.78 is 11.2. The lowest BCUT2D eigenvalue weighted by atomic mass is 10.0. The predicted octanol–water partition coefficient (Wildman–Crippen LogP) is 5.69. The molecule has 8 heteroatoms. The van der Waals surface area contributed by atoms with Gasteiger partial charge < -0.3 is 19.4 Å². The number of halogens is 1. The molecule has 1 atom stereocenters. The van der Waals surface area contributed by atoms with Crippen LogP contribution < -0.4 is 4.74 Å². The Labute approximate surface area is 194 Å². The van der Waals surface area contributed by atoms with Crippen LogP contribution in [0.25, 0.3) is 22.1 Å². The van der Waals surface area contributed by atoms with Crippen molar-refractivity contribution >= 4 is 39.5 Å². The minimum atomic E-state index is -0.221. The number of H-pyrrole nitrogens is 2. The molecule has 0 fully saturated rings. The Morgan fingerprint density at radius 3 is 2.70 bits per heavy atom. The van der Waals surface area contributed by atoms with E-state index < -0.39 is 0 Å². The standard InChI is InChI=1S/C25H21ClN4O3/c1-14(32-2)10-21-29-20-13-28-25-22(23(20)30-21)18(12-27-25)24(31)17-9-8-16(11-19(17)26)33-15-6-4-3-5-7-15/h3-9,11-14H,10H2,1-2H3,(H,27,28)(H,29,30). The highest BCUT2D eigenvalue weighted by molar-refractivity contribution is 6.36. The first-order chi connectivity index (χ1) is 16.0. The number of hydrogen-bond donors (Lipinski definition) is 2. The van der Waals surface area contributed by atoms with Gasteiger partial charge in [0.2, 0.25) is 0 Å². The molecule has 0 spiro atoms. The summed E-state index contributed by atoms with van der Waals surface area (Å²) in [6.45, 7) is 1.97. The molecule has 0 aliphatic rings. The summed E-state index contributed by atoms with van der Waals surface area (Å²) >= 11 is 6.49. The number of carbonyl (C=O) groups is 1. The SMILES string of the molecule is COC(C)Cc1nc2c(cnc3[nH]cc(C(=O)c4ccc(Oc5ccccc5)cc4Cl)c32)[nH]1. The highest BCUT2D eigenvalue weighted by Crippen LogP contribution is 2.31. The van der Waals surface area contributed by atoms with E-state index in [1.165, 1.54) is 0 Å². The third-order valence-corrected chi connectivity index (χ3v) is 5.80. The Morgan fingerprint density at radius 2 is 1.94 bits per heavy atom. The lowest BCUT2D eigenvalue weighted by molar-refractivity contribution is 0.104. The van der Waals surface area contributed by atoms with Crippen LogP contribution in [0, 0.1) is 0 Å². The molecule has 5 rings (SSSR count). The number of nitrogens with one attached hydrogen (secondary N) is 2. The Morgan fingerprint density at radius 1 is 1.12 bits per heavy atom. The molecule has 0 radical (unpaired) electrons. The first kappa shape index (κ1) is 21.2. The molecule has 166 valence electrons. The summed E-state index contributed by atoms with van der Waals surface area (Å²) in [5.41, 5.74) is 2.86. The second kappa shape index (κ2) is 8.69. The van der Waals surface area contributed by atoms with Crippen LogP contribution >= 0.6 is 11.6 Å². The molecule has 7 nitrogen and oxygen atoms in total. The minimum Gasteiger partial charge on any atom is -0.457 e. The van der Waals surface area contributed by atoms with E-state index in [0.717, 1.165) is 11.3 Å². The first-order valence-electron chi connectivity index (χ1n) is 10.5. The largest absolute Gasteiger partial charge is 0.457 e. The Bertz CT molecular complexity index is 1460. The number of benzene rings is 2. The van der Waals surface area contributed by atoms with E-state index in [1.54, 1.807) is 37.7 Å². The van der Waals surface area contributed by atoms with Crippen molar-refractivity contribution in [2.75, 3.05) is 7.11 Å². The van der Waals surface area contributed by atoms with E-state index in [2.05, 4.69) is 15.0 Å². The highest BCUT2D eigenvalue weighted by atomic mass is 35.5. The van der Waals surface area contributed by atoms with Gasteiger partial charge in [-0.15, -0.1) is 0 Å². The van der Waals surface area contributed by atoms with Crippen LogP contribution in [0.15, 0.2) is 60.9 Å². The molecule has 0 saturated carbocycles. The summed E-state index contributed by atoms with van der Waals surface area (Å²) in [5.74, 6) is 1.79. The molecule has 2 N–H and O–H groups in total. The lowest BCUT2D eigenvalue weighted by Crippen LogP contribution is -2.09. The van der Waals surface area contributed by atoms with Crippen molar-refractivity contribution in [3.05, 3.63) is 82.9 Å². The van der Waals surface area contributed by atoms with Gasteiger partial charge in [0.1, 0.15) is 28.5 Å². The average molecular weight is 461 g/mol. The van der Waals surface area contributed by atoms with Gasteiger partial charge in [-0.2, -0.15) is 0 Å². The van der Waals surface area contributed by atoms with E-state index in [0.29, 0.717) is 50.6 Å². The van der Waals surface area contributed by atoms with Crippen LogP contribution in [0.2, 0.25) is 5.02 Å². The second-order valence-corrected chi connectivity index (χ2v) is 8.17. The van der Waals surface area contributed by atoms with E-state index in [9.17, 15) is 4.79 Å². The number of hydrogen-bond acceptors (Lipinski definition) is 5. The maximum Gasteiger partial charge on any atom is 0.196 e. The van der Waals surface area contributed by atoms with Gasteiger partial charge in [-0.1, -0.05) is 29.8 Å². The number of para-hydroxylation sites is 1. The molecule has 0 saturated heterocycles. The second-order valence-electron chi connectivity index (χ2n) is 7.77. The molecule has 0 bridgehead atoms. The maximum atomic E-state index is 13.5. The summed E-state index contributed by atoms with van der Waals surface area (Å²) in [6.07, 6.45) is 3.99. The van der Waals surface area contributed by atoms with E-state index in [4.69, 9.17) is 26.1 Å². The zero-order valence-electron chi connectivity index (χ0n) is 18.1. The van der Waals surface area contributed by atoms with Crippen LogP contribution in [-0.4, -0.2) is 38.9 Å². The van der Waals surface area contributed by atoms with Crippen LogP contribution in [0.3, 0.4) is 0 Å². The summed E-state index contributed by atoms with van der Waals surface area (Å²) in [6, 6.07) is 14.4. The topological polar surface area (TPSA) is 92.9 Å². The zero-order chi connectivity index (χ0) is 22.9. The maximum absolute atomic E-state index is 13.5. The zero-order valence-corrected chi connectivity index (χ0v) is 18.8. The smallest absolute Gasteiger partial charge is 0.196 e. The van der Waals surface area contributed by atoms with E-state index in [1.807, 2.05) is 37.3 Å². The van der Waals surface area contributed by atoms with Gasteiger partial charge in [0.25, 0.3) is 0 Å². The molecule has 0 aliphatic carbocycles. The number of pyridine rings is 1. The number of ketones is 1. The van der Waals surface area contributed by atoms with Gasteiger partial charge >= 0.3 is 0 Å². The van der Waals surface area contributed by atoms with Crippen molar-refractivity contribution in [1.82, 2.24) is 19.9 Å². The van der Waals surface area contributed by atoms with Crippen LogP contribution in [0.1, 0.15) is 28.7 Å². The molecule has 1 unspecified atom stereocenters. The molecular formula is C25H21ClN4O3. The number of aromatic nitrogens is 4. The van der Waals surface area contributed by atoms with Crippen molar-refractivity contribution in [1.29, 1.82) is 0 Å². The van der Waals surface area contributed by atoms with Crippen molar-refractivity contribution in [3.63, 3.8) is 0 Å². The molecule has 33 heavy (non-hydrogen) atoms. The van der Waals surface area contributed by atoms with E-state index in [-0.39, 0.29) is 11.9 Å². The number of aromatic amines is 2. The quantitative estimate of drug-likeness (QED) is 0.304. The van der Waals surface area contributed by atoms with Crippen molar-refractivity contribution in [2.45, 2.75) is 19.4 Å². The monoisotopic (exact) mass is 460 g/mol. The lowest BCUT2D eigenvalue weighted by Gasteiger charge is -2.08. The number of ether oxygens (including phenoxy) is 2. The Hall–Kier alpha value is -3.68. The third-order valence-electron chi connectivity index (χ3n) is 5.49. The third kappa shape index (κ3) is 4.08. The molecule has 2 aromatic carbocycles. The molecule has 5 aromatic rings. The molecule has 0 amide bonds. The van der Waals surface area contributed by atoms with Gasteiger partial charge in [-0.05, 0) is 31.2 Å². The molecule has 3 aromatic heterocycles. The van der Waals surface area contributed by atoms with Crippen molar-refractivity contribution in [2.24, 2.45) is 0 Å². The van der Waals surface area contributed by atoms with Gasteiger partial charge in [-0.25, -0.2) is 9.97 Å². The fourth-order valence-corrected chi connectivity index (χ4v) is 4.01. The van der Waals surface area contributed by atoms with Crippen LogP contribution in [-0.2, 0) is 11.2 Å². The number of rotatable bonds is 7. The predicted molar refractivity (Wildman–Crippen MR) is 127 cm³/mol. The molecular weight excluding hydrogens is 440 g/mol. The minimum absolute atomic E-state index is 0.0109. The molecule has 3 heterocycles. The number of imidazole rings is 1. The van der Waals surface area contributed by atoms with Gasteiger partial charge in [0.05, 0.1) is 33.8 Å². The molecule has 0 aliphatic heterocycles. The normalized spacial score (nSPS) is 12.3. The number of carbonyl (C=O) groups excluding carboxylic acids is 1. The van der Waals surface area contributed by atoms with Crippen LogP contribution in [0.5, 0.6) is 11.5 Å². The van der Waals surface area contributed by atoms with Gasteiger partial charge in [0, 0.05) is 31.4 Å². The first-order valence-corrected chi connectivity index (χ1v) is 10.9. The summed E-state index contributed by atoms with van der Waals surface area (Å²) in [7, 11) is 1.66. The summed E-state index contributed by atoms with van der Waals surface area (Å²) in [4.78, 5) is 29.0. The fourth-order valence-electron chi connectivity index (χ4n) is 3.75. The van der Waals surface area contributed by atoms with Crippen molar-refractivity contribution < 1.29 is 14.3 Å². The fraction of sp³-hybridized carbons (Fsp3) is 0.160. The van der Waals surface area contributed by atoms with E-state index >= 15 is 0 Å². The Balaban J connectivity index is 1.51. The number of fused-ring (bicyclic) bond motifs is 3. The van der Waals surface area contributed by atoms with Crippen LogP contribution in [0.4, 0.5) is 0 Å². The highest BCUT2D eigenvalue weighted by Gasteiger charge is 2.21. The average Bonchev–Trinajstić information content (AvgIpc) is 3.43. The summed E-state index contributed by atoms with van der Waals surface area (Å²) in [5, 5.41) is 0.963. The van der Waals surface area contributed by atoms with Crippen molar-refractivity contribution in [3.8, 4) is 11.5 Å². The Kier molecular flexibility index (Phi) is 5.58. The number of nitrogens with zero attached hydrogens (tertiary/aromatic N) is 2.